The predicted molar refractivity (Wildman–Crippen MR) is 125 cm³/mol. The first-order chi connectivity index (χ1) is 15.3. The van der Waals surface area contributed by atoms with E-state index < -0.39 is 11.3 Å². The molecular formula is C23H17ClN4O3S. The van der Waals surface area contributed by atoms with Gasteiger partial charge in [-0.15, -0.1) is 0 Å². The van der Waals surface area contributed by atoms with E-state index in [4.69, 9.17) is 11.6 Å². The van der Waals surface area contributed by atoms with Gasteiger partial charge in [0.1, 0.15) is 0 Å². The van der Waals surface area contributed by atoms with E-state index in [-0.39, 0.29) is 16.6 Å². The van der Waals surface area contributed by atoms with Gasteiger partial charge in [0, 0.05) is 29.3 Å². The molecule has 0 unspecified atom stereocenters. The Labute approximate surface area is 192 Å². The molecule has 2 aromatic heterocycles. The van der Waals surface area contributed by atoms with Gasteiger partial charge in [0.05, 0.1) is 16.3 Å². The maximum absolute atomic E-state index is 12.9. The van der Waals surface area contributed by atoms with Crippen LogP contribution in [-0.2, 0) is 0 Å². The fourth-order valence-corrected chi connectivity index (χ4v) is 4.11. The summed E-state index contributed by atoms with van der Waals surface area (Å²) < 4.78 is 1.49. The number of hydrogen-bond donors (Lipinski definition) is 1. The summed E-state index contributed by atoms with van der Waals surface area (Å²) in [5.41, 5.74) is 1.65. The molecule has 0 atom stereocenters. The minimum Gasteiger partial charge on any atom is -0.296 e. The van der Waals surface area contributed by atoms with E-state index >= 15 is 0 Å². The molecule has 0 saturated carbocycles. The maximum atomic E-state index is 12.9. The lowest BCUT2D eigenvalue weighted by molar-refractivity contribution is 0.101. The van der Waals surface area contributed by atoms with Gasteiger partial charge in [0.15, 0.2) is 16.6 Å². The van der Waals surface area contributed by atoms with Gasteiger partial charge in [-0.05, 0) is 31.2 Å². The lowest BCUT2D eigenvalue weighted by Gasteiger charge is -2.11. The topological polar surface area (TPSA) is 94.0 Å². The summed E-state index contributed by atoms with van der Waals surface area (Å²) in [4.78, 5) is 42.3. The second-order valence-corrected chi connectivity index (χ2v) is 8.40. The average molecular weight is 465 g/mol. The Morgan fingerprint density at radius 1 is 1.06 bits per heavy atom. The van der Waals surface area contributed by atoms with Crippen molar-refractivity contribution < 1.29 is 9.59 Å². The lowest BCUT2D eigenvalue weighted by Crippen LogP contribution is -2.26. The first-order valence-electron chi connectivity index (χ1n) is 9.59. The van der Waals surface area contributed by atoms with Crippen molar-refractivity contribution in [1.29, 1.82) is 0 Å². The maximum Gasteiger partial charge on any atom is 0.281 e. The van der Waals surface area contributed by atoms with Crippen LogP contribution in [-0.4, -0.2) is 26.5 Å². The van der Waals surface area contributed by atoms with Crippen LogP contribution < -0.4 is 10.7 Å². The van der Waals surface area contributed by atoms with Crippen LogP contribution in [0.5, 0.6) is 0 Å². The molecule has 0 aliphatic rings. The quantitative estimate of drug-likeness (QED) is 0.429. The van der Waals surface area contributed by atoms with E-state index in [1.807, 2.05) is 30.3 Å². The zero-order valence-corrected chi connectivity index (χ0v) is 18.7. The Morgan fingerprint density at radius 3 is 2.41 bits per heavy atom. The molecule has 9 heteroatoms. The van der Waals surface area contributed by atoms with Crippen LogP contribution in [0.15, 0.2) is 65.5 Å². The number of anilines is 1. The summed E-state index contributed by atoms with van der Waals surface area (Å²) in [6.07, 6.45) is 0. The molecule has 2 aromatic carbocycles. The number of rotatable bonds is 5. The molecule has 7 nitrogen and oxygen atoms in total. The fraction of sp³-hybridized carbons (Fsp3) is 0.0870. The zero-order valence-electron chi connectivity index (χ0n) is 17.1. The van der Waals surface area contributed by atoms with Crippen LogP contribution in [0.1, 0.15) is 32.8 Å². The molecule has 0 bridgehead atoms. The van der Waals surface area contributed by atoms with Gasteiger partial charge in [-0.1, -0.05) is 53.3 Å². The summed E-state index contributed by atoms with van der Waals surface area (Å²) in [6.45, 7) is 3.16. The van der Waals surface area contributed by atoms with Crippen molar-refractivity contribution in [2.75, 3.05) is 5.32 Å². The van der Waals surface area contributed by atoms with Gasteiger partial charge >= 0.3 is 0 Å². The molecule has 0 saturated heterocycles. The van der Waals surface area contributed by atoms with Crippen molar-refractivity contribution in [1.82, 2.24) is 14.8 Å². The summed E-state index contributed by atoms with van der Waals surface area (Å²) in [5.74, 6) is -0.874. The van der Waals surface area contributed by atoms with E-state index in [0.29, 0.717) is 27.0 Å². The van der Waals surface area contributed by atoms with E-state index in [2.05, 4.69) is 15.4 Å². The van der Waals surface area contributed by atoms with Crippen LogP contribution in [0, 0.1) is 6.92 Å². The minimum absolute atomic E-state index is 0.166. The highest BCUT2D eigenvalue weighted by atomic mass is 35.5. The molecular weight excluding hydrogens is 448 g/mol. The second-order valence-electron chi connectivity index (χ2n) is 6.96. The van der Waals surface area contributed by atoms with Crippen molar-refractivity contribution in [2.24, 2.45) is 0 Å². The number of nitrogens with one attached hydrogen (secondary N) is 1. The van der Waals surface area contributed by atoms with Crippen LogP contribution in [0.3, 0.4) is 0 Å². The second kappa shape index (κ2) is 8.86. The molecule has 1 amide bonds. The highest BCUT2D eigenvalue weighted by molar-refractivity contribution is 7.18. The highest BCUT2D eigenvalue weighted by Crippen LogP contribution is 2.31. The largest absolute Gasteiger partial charge is 0.296 e. The highest BCUT2D eigenvalue weighted by Gasteiger charge is 2.21. The predicted octanol–water partition coefficient (Wildman–Crippen LogP) is 4.77. The van der Waals surface area contributed by atoms with Gasteiger partial charge in [0.25, 0.3) is 5.91 Å². The third kappa shape index (κ3) is 4.37. The van der Waals surface area contributed by atoms with Gasteiger partial charge in [-0.25, -0.2) is 9.67 Å². The summed E-state index contributed by atoms with van der Waals surface area (Å²) in [6, 6.07) is 17.4. The molecule has 0 aliphatic heterocycles. The number of ketones is 1. The fourth-order valence-electron chi connectivity index (χ4n) is 3.11. The number of amides is 1. The Balaban J connectivity index is 1.69. The Morgan fingerprint density at radius 2 is 1.75 bits per heavy atom. The molecule has 0 radical (unpaired) electrons. The van der Waals surface area contributed by atoms with Gasteiger partial charge < -0.3 is 0 Å². The number of Topliss-reactive ketones (excluding diaryl/α,β-unsaturated/α-hetero) is 1. The molecule has 0 fully saturated rings. The monoisotopic (exact) mass is 464 g/mol. The molecule has 0 spiro atoms. The number of nitrogens with zero attached hydrogens (tertiary/aromatic N) is 3. The summed E-state index contributed by atoms with van der Waals surface area (Å²) >= 11 is 7.00. The number of aryl methyl sites for hydroxylation is 1. The van der Waals surface area contributed by atoms with Crippen LogP contribution in [0.25, 0.3) is 16.9 Å². The van der Waals surface area contributed by atoms with Crippen molar-refractivity contribution in [3.05, 3.63) is 92.2 Å². The Kier molecular flexibility index (Phi) is 5.98. The van der Waals surface area contributed by atoms with Crippen molar-refractivity contribution in [3.8, 4) is 16.9 Å². The van der Waals surface area contributed by atoms with Gasteiger partial charge in [0.2, 0.25) is 5.43 Å². The number of hydrogen-bond acceptors (Lipinski definition) is 6. The number of benzene rings is 2. The number of halogens is 1. The van der Waals surface area contributed by atoms with E-state index in [0.717, 1.165) is 16.9 Å². The smallest absolute Gasteiger partial charge is 0.281 e. The SMILES string of the molecule is CC(=O)c1sc(NC(=O)c2nn(-c3ccc(Cl)cc3)c(C)cc2=O)nc1-c1ccccc1. The normalized spacial score (nSPS) is 10.7. The Hall–Kier alpha value is -3.62. The van der Waals surface area contributed by atoms with E-state index in [1.54, 1.807) is 31.2 Å². The van der Waals surface area contributed by atoms with E-state index in [1.165, 1.54) is 17.7 Å². The van der Waals surface area contributed by atoms with E-state index in [9.17, 15) is 14.4 Å². The lowest BCUT2D eigenvalue weighted by atomic mass is 10.1. The first-order valence-corrected chi connectivity index (χ1v) is 10.8. The van der Waals surface area contributed by atoms with Crippen LogP contribution in [0.4, 0.5) is 5.13 Å². The zero-order chi connectivity index (χ0) is 22.8. The van der Waals surface area contributed by atoms with Gasteiger partial charge in [-0.3, -0.25) is 19.7 Å². The molecule has 4 aromatic rings. The minimum atomic E-state index is -0.707. The summed E-state index contributed by atoms with van der Waals surface area (Å²) in [7, 11) is 0. The Bertz CT molecular complexity index is 1380. The number of thiazole rings is 1. The van der Waals surface area contributed by atoms with Gasteiger partial charge in [-0.2, -0.15) is 5.10 Å². The third-order valence-electron chi connectivity index (χ3n) is 4.61. The molecule has 32 heavy (non-hydrogen) atoms. The third-order valence-corrected chi connectivity index (χ3v) is 5.93. The molecule has 160 valence electrons. The van der Waals surface area contributed by atoms with Crippen molar-refractivity contribution >= 4 is 39.8 Å². The van der Waals surface area contributed by atoms with Crippen molar-refractivity contribution in [3.63, 3.8) is 0 Å². The average Bonchev–Trinajstić information content (AvgIpc) is 3.19. The molecule has 2 heterocycles. The van der Waals surface area contributed by atoms with Crippen LogP contribution >= 0.6 is 22.9 Å². The molecule has 1 N–H and O–H groups in total. The first kappa shape index (κ1) is 21.6. The van der Waals surface area contributed by atoms with Crippen molar-refractivity contribution in [2.45, 2.75) is 13.8 Å². The number of aromatic nitrogens is 3. The van der Waals surface area contributed by atoms with Crippen LogP contribution in [0.2, 0.25) is 5.02 Å². The summed E-state index contributed by atoms with van der Waals surface area (Å²) in [5, 5.41) is 7.63. The standard InChI is InChI=1S/C23H17ClN4O3S/c1-13-12-18(30)20(27-28(13)17-10-8-16(24)9-11-17)22(31)26-23-25-19(21(32-23)14(2)29)15-6-4-3-5-7-15/h3-12H,1-2H3,(H,25,26,31). The molecule has 4 rings (SSSR count). The molecule has 0 aliphatic carbocycles. The number of carbonyl (C=O) groups excluding carboxylic acids is 2. The number of carbonyl (C=O) groups is 2.